The zero-order valence-electron chi connectivity index (χ0n) is 9.07. The van der Waals surface area contributed by atoms with E-state index < -0.39 is 0 Å². The van der Waals surface area contributed by atoms with E-state index in [4.69, 9.17) is 10.5 Å². The summed E-state index contributed by atoms with van der Waals surface area (Å²) in [5, 5.41) is 5.94. The molecule has 5 heteroatoms. The Hall–Kier alpha value is -1.59. The molecule has 0 aliphatic carbocycles. The second kappa shape index (κ2) is 4.51. The molecule has 1 amide bonds. The Morgan fingerprint density at radius 2 is 2.06 bits per heavy atom. The van der Waals surface area contributed by atoms with Crippen molar-refractivity contribution < 1.29 is 9.53 Å². The molecule has 0 bridgehead atoms. The van der Waals surface area contributed by atoms with Gasteiger partial charge in [-0.2, -0.15) is 0 Å². The lowest BCUT2D eigenvalue weighted by molar-refractivity contribution is -0.124. The van der Waals surface area contributed by atoms with Crippen molar-refractivity contribution in [1.82, 2.24) is 10.6 Å². The van der Waals surface area contributed by atoms with Gasteiger partial charge < -0.3 is 15.8 Å². The summed E-state index contributed by atoms with van der Waals surface area (Å²) < 4.78 is 5.07. The van der Waals surface area contributed by atoms with Gasteiger partial charge in [-0.1, -0.05) is 12.1 Å². The minimum atomic E-state index is -0.291. The normalized spacial score (nSPS) is 25.0. The number of carbonyl (C=O) groups is 1. The van der Waals surface area contributed by atoms with E-state index in [0.29, 0.717) is 6.42 Å². The SMILES string of the molecule is COc1ccc(C2NC(=O)CC(N)N2)cc1. The fourth-order valence-corrected chi connectivity index (χ4v) is 1.71. The first-order valence-electron chi connectivity index (χ1n) is 5.14. The molecule has 1 aromatic carbocycles. The van der Waals surface area contributed by atoms with E-state index in [0.717, 1.165) is 11.3 Å². The maximum absolute atomic E-state index is 11.3. The molecule has 1 aromatic rings. The topological polar surface area (TPSA) is 76.4 Å². The van der Waals surface area contributed by atoms with Gasteiger partial charge >= 0.3 is 0 Å². The third-order valence-corrected chi connectivity index (χ3v) is 2.54. The van der Waals surface area contributed by atoms with Crippen molar-refractivity contribution in [3.8, 4) is 5.75 Å². The van der Waals surface area contributed by atoms with Crippen LogP contribution in [0.15, 0.2) is 24.3 Å². The van der Waals surface area contributed by atoms with Gasteiger partial charge in [0.05, 0.1) is 19.7 Å². The average molecular weight is 221 g/mol. The molecular weight excluding hydrogens is 206 g/mol. The smallest absolute Gasteiger partial charge is 0.224 e. The number of methoxy groups -OCH3 is 1. The zero-order chi connectivity index (χ0) is 11.5. The van der Waals surface area contributed by atoms with Crippen LogP contribution in [0.25, 0.3) is 0 Å². The first-order valence-corrected chi connectivity index (χ1v) is 5.14. The molecule has 2 rings (SSSR count). The number of ether oxygens (including phenoxy) is 1. The van der Waals surface area contributed by atoms with Crippen molar-refractivity contribution >= 4 is 5.91 Å². The largest absolute Gasteiger partial charge is 0.497 e. The van der Waals surface area contributed by atoms with E-state index in [1.165, 1.54) is 0 Å². The van der Waals surface area contributed by atoms with Crippen LogP contribution in [0.4, 0.5) is 0 Å². The van der Waals surface area contributed by atoms with Crippen LogP contribution < -0.4 is 21.1 Å². The summed E-state index contributed by atoms with van der Waals surface area (Å²) in [6.07, 6.45) is -0.199. The van der Waals surface area contributed by atoms with Crippen LogP contribution in [0.5, 0.6) is 5.75 Å². The minimum Gasteiger partial charge on any atom is -0.497 e. The molecule has 0 saturated carbocycles. The number of carbonyl (C=O) groups excluding carboxylic acids is 1. The fraction of sp³-hybridized carbons (Fsp3) is 0.364. The zero-order valence-corrected chi connectivity index (χ0v) is 9.07. The number of nitrogens with two attached hydrogens (primary N) is 1. The molecule has 1 fully saturated rings. The van der Waals surface area contributed by atoms with Crippen LogP contribution in [0.1, 0.15) is 18.2 Å². The number of hydrogen-bond donors (Lipinski definition) is 3. The number of nitrogens with one attached hydrogen (secondary N) is 2. The Bertz CT molecular complexity index is 377. The summed E-state index contributed by atoms with van der Waals surface area (Å²) in [5.41, 5.74) is 6.67. The molecule has 2 atom stereocenters. The van der Waals surface area contributed by atoms with E-state index in [1.807, 2.05) is 24.3 Å². The monoisotopic (exact) mass is 221 g/mol. The van der Waals surface area contributed by atoms with E-state index in [-0.39, 0.29) is 18.2 Å². The molecule has 1 aliphatic rings. The molecular formula is C11H15N3O2. The van der Waals surface area contributed by atoms with Gasteiger partial charge in [0.2, 0.25) is 5.91 Å². The number of amides is 1. The van der Waals surface area contributed by atoms with Crippen molar-refractivity contribution in [3.63, 3.8) is 0 Å². The highest BCUT2D eigenvalue weighted by Gasteiger charge is 2.23. The minimum absolute atomic E-state index is 0.0351. The molecule has 0 radical (unpaired) electrons. The lowest BCUT2D eigenvalue weighted by atomic mass is 10.1. The standard InChI is InChI=1S/C11H15N3O2/c1-16-8-4-2-7(3-5-8)11-13-9(12)6-10(15)14-11/h2-5,9,11,13H,6,12H2,1H3,(H,14,15). The summed E-state index contributed by atoms with van der Waals surface area (Å²) in [5.74, 6) is 0.752. The summed E-state index contributed by atoms with van der Waals surface area (Å²) >= 11 is 0. The highest BCUT2D eigenvalue weighted by atomic mass is 16.5. The molecule has 4 N–H and O–H groups in total. The van der Waals surface area contributed by atoms with Crippen molar-refractivity contribution in [3.05, 3.63) is 29.8 Å². The molecule has 5 nitrogen and oxygen atoms in total. The molecule has 16 heavy (non-hydrogen) atoms. The third-order valence-electron chi connectivity index (χ3n) is 2.54. The molecule has 0 aromatic heterocycles. The van der Waals surface area contributed by atoms with Gasteiger partial charge in [-0.05, 0) is 17.7 Å². The molecule has 0 spiro atoms. The Morgan fingerprint density at radius 3 is 2.62 bits per heavy atom. The first-order chi connectivity index (χ1) is 7.69. The van der Waals surface area contributed by atoms with E-state index in [1.54, 1.807) is 7.11 Å². The lowest BCUT2D eigenvalue weighted by Crippen LogP contribution is -2.54. The maximum atomic E-state index is 11.3. The second-order valence-electron chi connectivity index (χ2n) is 3.75. The van der Waals surface area contributed by atoms with Gasteiger partial charge in [-0.15, -0.1) is 0 Å². The quantitative estimate of drug-likeness (QED) is 0.661. The number of hydrogen-bond acceptors (Lipinski definition) is 4. The van der Waals surface area contributed by atoms with Crippen molar-refractivity contribution in [2.75, 3.05) is 7.11 Å². The van der Waals surface area contributed by atoms with Crippen molar-refractivity contribution in [2.24, 2.45) is 5.73 Å². The molecule has 86 valence electrons. The Labute approximate surface area is 94.0 Å². The Kier molecular flexibility index (Phi) is 3.07. The van der Waals surface area contributed by atoms with Gasteiger partial charge in [-0.25, -0.2) is 0 Å². The summed E-state index contributed by atoms with van der Waals surface area (Å²) in [6.45, 7) is 0. The van der Waals surface area contributed by atoms with Crippen LogP contribution in [0, 0.1) is 0 Å². The van der Waals surface area contributed by atoms with Crippen LogP contribution in [-0.2, 0) is 4.79 Å². The highest BCUT2D eigenvalue weighted by molar-refractivity contribution is 5.77. The fourth-order valence-electron chi connectivity index (χ4n) is 1.71. The highest BCUT2D eigenvalue weighted by Crippen LogP contribution is 2.18. The van der Waals surface area contributed by atoms with Gasteiger partial charge in [0.15, 0.2) is 0 Å². The molecule has 1 saturated heterocycles. The predicted molar refractivity (Wildman–Crippen MR) is 59.6 cm³/mol. The second-order valence-corrected chi connectivity index (χ2v) is 3.75. The Morgan fingerprint density at radius 1 is 1.38 bits per heavy atom. The van der Waals surface area contributed by atoms with Crippen LogP contribution in [-0.4, -0.2) is 19.2 Å². The lowest BCUT2D eigenvalue weighted by Gasteiger charge is -2.29. The summed E-state index contributed by atoms with van der Waals surface area (Å²) in [6, 6.07) is 7.50. The summed E-state index contributed by atoms with van der Waals surface area (Å²) in [4.78, 5) is 11.3. The van der Waals surface area contributed by atoms with Gasteiger partial charge in [0.1, 0.15) is 11.9 Å². The molecule has 1 aliphatic heterocycles. The molecule has 1 heterocycles. The van der Waals surface area contributed by atoms with E-state index in [2.05, 4.69) is 10.6 Å². The number of benzene rings is 1. The Balaban J connectivity index is 2.13. The summed E-state index contributed by atoms with van der Waals surface area (Å²) in [7, 11) is 1.62. The van der Waals surface area contributed by atoms with Gasteiger partial charge in [-0.3, -0.25) is 10.1 Å². The number of rotatable bonds is 2. The third kappa shape index (κ3) is 2.32. The van der Waals surface area contributed by atoms with Crippen LogP contribution >= 0.6 is 0 Å². The van der Waals surface area contributed by atoms with Crippen molar-refractivity contribution in [1.29, 1.82) is 0 Å². The van der Waals surface area contributed by atoms with E-state index >= 15 is 0 Å². The van der Waals surface area contributed by atoms with Gasteiger partial charge in [0, 0.05) is 0 Å². The maximum Gasteiger partial charge on any atom is 0.224 e. The van der Waals surface area contributed by atoms with Crippen LogP contribution in [0.3, 0.4) is 0 Å². The predicted octanol–water partition coefficient (Wildman–Crippen LogP) is 0.0881. The van der Waals surface area contributed by atoms with Crippen molar-refractivity contribution in [2.45, 2.75) is 18.8 Å². The first kappa shape index (κ1) is 10.9. The average Bonchev–Trinajstić information content (AvgIpc) is 2.28. The van der Waals surface area contributed by atoms with Gasteiger partial charge in [0.25, 0.3) is 0 Å². The van der Waals surface area contributed by atoms with E-state index in [9.17, 15) is 4.79 Å². The molecule has 2 unspecified atom stereocenters. The van der Waals surface area contributed by atoms with Crippen LogP contribution in [0.2, 0.25) is 0 Å².